The zero-order valence-corrected chi connectivity index (χ0v) is 20.9. The van der Waals surface area contributed by atoms with Crippen LogP contribution in [0.5, 0.6) is 5.75 Å². The van der Waals surface area contributed by atoms with Crippen molar-refractivity contribution in [2.45, 2.75) is 19.3 Å². The van der Waals surface area contributed by atoms with Crippen molar-refractivity contribution in [3.63, 3.8) is 0 Å². The minimum absolute atomic E-state index is 0.0549. The summed E-state index contributed by atoms with van der Waals surface area (Å²) in [5.74, 6) is -3.99. The Kier molecular flexibility index (Phi) is 6.39. The highest BCUT2D eigenvalue weighted by atomic mass is 19.2. The maximum absolute atomic E-state index is 13.8. The highest BCUT2D eigenvalue weighted by molar-refractivity contribution is 6.17. The number of halogens is 2. The summed E-state index contributed by atoms with van der Waals surface area (Å²) in [6.45, 7) is 3.75. The highest BCUT2D eigenvalue weighted by Crippen LogP contribution is 2.41. The van der Waals surface area contributed by atoms with Crippen LogP contribution in [0.15, 0.2) is 72.9 Å². The van der Waals surface area contributed by atoms with E-state index < -0.39 is 35.0 Å². The third-order valence-electron chi connectivity index (χ3n) is 6.46. The second kappa shape index (κ2) is 9.71. The lowest BCUT2D eigenvalue weighted by molar-refractivity contribution is -0.130. The molecule has 10 heteroatoms. The molecular weight excluding hydrogens is 508 g/mol. The van der Waals surface area contributed by atoms with Crippen molar-refractivity contribution in [1.82, 2.24) is 9.88 Å². The molecule has 1 aliphatic rings. The van der Waals surface area contributed by atoms with E-state index in [1.807, 2.05) is 19.9 Å². The molecule has 2 heterocycles. The molecule has 0 fully saturated rings. The Morgan fingerprint density at radius 1 is 1.00 bits per heavy atom. The lowest BCUT2D eigenvalue weighted by Gasteiger charge is -2.29. The first kappa shape index (κ1) is 25.7. The number of carbonyl (C=O) groups is 3. The predicted octanol–water partition coefficient (Wildman–Crippen LogP) is 5.92. The molecule has 3 N–H and O–H groups in total. The Morgan fingerprint density at radius 3 is 2.44 bits per heavy atom. The Labute approximate surface area is 221 Å². The summed E-state index contributed by atoms with van der Waals surface area (Å²) >= 11 is 0. The van der Waals surface area contributed by atoms with Crippen LogP contribution in [0.1, 0.15) is 35.5 Å². The number of para-hydroxylation sites is 1. The fraction of sp³-hybridized carbons (Fsp3) is 0.138. The molecule has 0 radical (unpaired) electrons. The van der Waals surface area contributed by atoms with Gasteiger partial charge < -0.3 is 19.7 Å². The van der Waals surface area contributed by atoms with Gasteiger partial charge in [-0.1, -0.05) is 32.0 Å². The predicted molar refractivity (Wildman–Crippen MR) is 140 cm³/mol. The highest BCUT2D eigenvalue weighted by Gasteiger charge is 2.37. The number of carbonyl (C=O) groups excluding carboxylic acids is 2. The molecule has 0 aliphatic carbocycles. The number of nitrogens with one attached hydrogen (secondary N) is 2. The van der Waals surface area contributed by atoms with Gasteiger partial charge in [-0.3, -0.25) is 10.1 Å². The SMILES string of the molecule is CC1(C)CN(C(=O)c2ccc(F)c(F)c2)C=C(C(=O)O)c2[nH]c3cc(OC(=O)Nc4ccccc4)ccc3c21. The summed E-state index contributed by atoms with van der Waals surface area (Å²) in [4.78, 5) is 42.2. The van der Waals surface area contributed by atoms with E-state index >= 15 is 0 Å². The van der Waals surface area contributed by atoms with Crippen molar-refractivity contribution in [2.75, 3.05) is 11.9 Å². The van der Waals surface area contributed by atoms with Crippen molar-refractivity contribution in [3.8, 4) is 5.75 Å². The number of aromatic amines is 1. The number of rotatable bonds is 4. The molecule has 0 saturated heterocycles. The van der Waals surface area contributed by atoms with Crippen molar-refractivity contribution < 1.29 is 33.0 Å². The molecule has 3 aromatic carbocycles. The second-order valence-electron chi connectivity index (χ2n) is 9.76. The number of fused-ring (bicyclic) bond motifs is 3. The van der Waals surface area contributed by atoms with Gasteiger partial charge in [-0.25, -0.2) is 18.4 Å². The molecule has 4 aromatic rings. The molecule has 5 rings (SSSR count). The van der Waals surface area contributed by atoms with Gasteiger partial charge in [0.2, 0.25) is 0 Å². The van der Waals surface area contributed by atoms with Gasteiger partial charge in [0.1, 0.15) is 5.75 Å². The zero-order chi connectivity index (χ0) is 27.9. The van der Waals surface area contributed by atoms with Gasteiger partial charge >= 0.3 is 12.1 Å². The maximum atomic E-state index is 13.8. The smallest absolute Gasteiger partial charge is 0.417 e. The van der Waals surface area contributed by atoms with Crippen LogP contribution in [0, 0.1) is 11.6 Å². The average molecular weight is 532 g/mol. The Bertz CT molecular complexity index is 1660. The van der Waals surface area contributed by atoms with Crippen LogP contribution in [0.25, 0.3) is 16.5 Å². The van der Waals surface area contributed by atoms with E-state index in [0.717, 1.165) is 18.2 Å². The van der Waals surface area contributed by atoms with Crippen LogP contribution in [0.4, 0.5) is 19.3 Å². The van der Waals surface area contributed by atoms with Crippen LogP contribution in [0.3, 0.4) is 0 Å². The molecule has 0 unspecified atom stereocenters. The number of hydrogen-bond acceptors (Lipinski definition) is 4. The van der Waals surface area contributed by atoms with Gasteiger partial charge in [-0.05, 0) is 48.0 Å². The number of H-pyrrole nitrogens is 1. The van der Waals surface area contributed by atoms with Gasteiger partial charge in [0.25, 0.3) is 5.91 Å². The van der Waals surface area contributed by atoms with Gasteiger partial charge in [-0.2, -0.15) is 0 Å². The van der Waals surface area contributed by atoms with Crippen molar-refractivity contribution >= 4 is 40.1 Å². The number of carboxylic acid groups (broad SMARTS) is 1. The summed E-state index contributed by atoms with van der Waals surface area (Å²) in [7, 11) is 0. The fourth-order valence-electron chi connectivity index (χ4n) is 4.78. The summed E-state index contributed by atoms with van der Waals surface area (Å²) in [6.07, 6.45) is 0.506. The third-order valence-corrected chi connectivity index (χ3v) is 6.46. The molecule has 198 valence electrons. The summed E-state index contributed by atoms with van der Waals surface area (Å²) in [5.41, 5.74) is 0.952. The molecule has 2 amide bonds. The van der Waals surface area contributed by atoms with Crippen LogP contribution < -0.4 is 10.1 Å². The Morgan fingerprint density at radius 2 is 1.74 bits per heavy atom. The molecule has 0 saturated carbocycles. The van der Waals surface area contributed by atoms with E-state index in [0.29, 0.717) is 22.2 Å². The average Bonchev–Trinajstić information content (AvgIpc) is 3.22. The van der Waals surface area contributed by atoms with Crippen LogP contribution in [-0.2, 0) is 10.2 Å². The number of ether oxygens (including phenoxy) is 1. The van der Waals surface area contributed by atoms with Crippen LogP contribution in [-0.4, -0.2) is 39.5 Å². The summed E-state index contributed by atoms with van der Waals surface area (Å²) < 4.78 is 32.6. The molecule has 0 spiro atoms. The molecule has 8 nitrogen and oxygen atoms in total. The van der Waals surface area contributed by atoms with Gasteiger partial charge in [-0.15, -0.1) is 0 Å². The second-order valence-corrected chi connectivity index (χ2v) is 9.76. The first-order chi connectivity index (χ1) is 18.5. The van der Waals surface area contributed by atoms with Gasteiger partial charge in [0, 0.05) is 46.4 Å². The normalized spacial score (nSPS) is 14.3. The topological polar surface area (TPSA) is 112 Å². The number of benzene rings is 3. The zero-order valence-electron chi connectivity index (χ0n) is 20.9. The van der Waals surface area contributed by atoms with Crippen LogP contribution in [0.2, 0.25) is 0 Å². The van der Waals surface area contributed by atoms with Crippen molar-refractivity contribution in [1.29, 1.82) is 0 Å². The largest absolute Gasteiger partial charge is 0.478 e. The van der Waals surface area contributed by atoms with Gasteiger partial charge in [0.15, 0.2) is 11.6 Å². The maximum Gasteiger partial charge on any atom is 0.417 e. The number of aliphatic carboxylic acids is 1. The number of amides is 2. The molecule has 1 aliphatic heterocycles. The van der Waals surface area contributed by atoms with E-state index in [1.165, 1.54) is 11.1 Å². The van der Waals surface area contributed by atoms with E-state index in [9.17, 15) is 28.3 Å². The first-order valence-electron chi connectivity index (χ1n) is 11.9. The molecule has 1 aromatic heterocycles. The van der Waals surface area contributed by atoms with E-state index in [4.69, 9.17) is 4.74 Å². The third kappa shape index (κ3) is 4.96. The lowest BCUT2D eigenvalue weighted by atomic mass is 9.81. The Hall–Kier alpha value is -4.99. The number of nitrogens with zero attached hydrogens (tertiary/aromatic N) is 1. The summed E-state index contributed by atoms with van der Waals surface area (Å²) in [5, 5.41) is 13.4. The van der Waals surface area contributed by atoms with E-state index in [1.54, 1.807) is 42.5 Å². The first-order valence-corrected chi connectivity index (χ1v) is 11.9. The number of anilines is 1. The quantitative estimate of drug-likeness (QED) is 0.303. The number of hydrogen-bond donors (Lipinski definition) is 3. The van der Waals surface area contributed by atoms with E-state index in [-0.39, 0.29) is 29.1 Å². The summed E-state index contributed by atoms with van der Waals surface area (Å²) in [6, 6.07) is 16.5. The fourth-order valence-corrected chi connectivity index (χ4v) is 4.78. The molecule has 39 heavy (non-hydrogen) atoms. The monoisotopic (exact) mass is 531 g/mol. The molecule has 0 atom stereocenters. The number of carboxylic acids is 1. The Balaban J connectivity index is 1.51. The minimum atomic E-state index is -1.29. The van der Waals surface area contributed by atoms with E-state index in [2.05, 4.69) is 10.3 Å². The number of aromatic nitrogens is 1. The van der Waals surface area contributed by atoms with Crippen molar-refractivity contribution in [2.24, 2.45) is 0 Å². The molecule has 0 bridgehead atoms. The van der Waals surface area contributed by atoms with Gasteiger partial charge in [0.05, 0.1) is 11.3 Å². The lowest BCUT2D eigenvalue weighted by Crippen LogP contribution is -2.37. The standard InChI is InChI=1S/C29H23F2N3O5/c1-29(2)15-34(26(35)16-8-11-21(30)22(31)12-16)14-20(27(36)37)25-24(29)19-10-9-18(13-23(19)33-25)39-28(38)32-17-6-4-3-5-7-17/h3-14,33H,15H2,1-2H3,(H,32,38)(H,36,37). The molecular formula is C29H23F2N3O5. The van der Waals surface area contributed by atoms with Crippen LogP contribution >= 0.6 is 0 Å². The van der Waals surface area contributed by atoms with Crippen molar-refractivity contribution in [3.05, 3.63) is 101 Å². The minimum Gasteiger partial charge on any atom is -0.478 e.